The Bertz CT molecular complexity index is 628. The number of carbonyl (C=O) groups excluding carboxylic acids is 1. The van der Waals surface area contributed by atoms with Crippen LogP contribution in [-0.2, 0) is 0 Å². The summed E-state index contributed by atoms with van der Waals surface area (Å²) in [5, 5.41) is 3.11. The molecule has 1 unspecified atom stereocenters. The lowest BCUT2D eigenvalue weighted by Gasteiger charge is -2.17. The highest BCUT2D eigenvalue weighted by molar-refractivity contribution is 5.98. The summed E-state index contributed by atoms with van der Waals surface area (Å²) >= 11 is 0. The first-order valence-electron chi connectivity index (χ1n) is 7.49. The van der Waals surface area contributed by atoms with Crippen LogP contribution < -0.4 is 5.32 Å². The van der Waals surface area contributed by atoms with Crippen LogP contribution in [0, 0.1) is 5.41 Å². The largest absolute Gasteiger partial charge is 0.459 e. The molecule has 1 aliphatic rings. The van der Waals surface area contributed by atoms with E-state index >= 15 is 0 Å². The second-order valence-electron chi connectivity index (χ2n) is 6.61. The molecule has 1 saturated carbocycles. The predicted molar refractivity (Wildman–Crippen MR) is 83.0 cm³/mol. The second kappa shape index (κ2) is 5.40. The van der Waals surface area contributed by atoms with Gasteiger partial charge < -0.3 is 9.73 Å². The summed E-state index contributed by atoms with van der Waals surface area (Å²) in [6.45, 7) is 4.50. The molecule has 0 saturated heterocycles. The van der Waals surface area contributed by atoms with Crippen LogP contribution in [0.5, 0.6) is 0 Å². The van der Waals surface area contributed by atoms with Crippen LogP contribution in [0.2, 0.25) is 0 Å². The SMILES string of the molecule is CC1(C)CCC(NC(=O)c2occc2-c2ccccc2)C1. The van der Waals surface area contributed by atoms with Crippen molar-refractivity contribution in [2.24, 2.45) is 5.41 Å². The van der Waals surface area contributed by atoms with Gasteiger partial charge in [0.15, 0.2) is 5.76 Å². The first-order chi connectivity index (χ1) is 10.1. The molecule has 1 atom stereocenters. The summed E-state index contributed by atoms with van der Waals surface area (Å²) in [5.41, 5.74) is 2.18. The monoisotopic (exact) mass is 283 g/mol. The Morgan fingerprint density at radius 2 is 2.00 bits per heavy atom. The highest BCUT2D eigenvalue weighted by atomic mass is 16.3. The van der Waals surface area contributed by atoms with E-state index in [-0.39, 0.29) is 11.9 Å². The zero-order valence-corrected chi connectivity index (χ0v) is 12.6. The predicted octanol–water partition coefficient (Wildman–Crippen LogP) is 4.26. The Kier molecular flexibility index (Phi) is 3.58. The fourth-order valence-corrected chi connectivity index (χ4v) is 3.14. The average molecular weight is 283 g/mol. The van der Waals surface area contributed by atoms with E-state index in [2.05, 4.69) is 19.2 Å². The molecule has 1 amide bonds. The zero-order chi connectivity index (χ0) is 14.9. The molecule has 1 aromatic carbocycles. The van der Waals surface area contributed by atoms with E-state index in [0.29, 0.717) is 11.2 Å². The van der Waals surface area contributed by atoms with Crippen LogP contribution in [0.25, 0.3) is 11.1 Å². The Hall–Kier alpha value is -2.03. The second-order valence-corrected chi connectivity index (χ2v) is 6.61. The third-order valence-electron chi connectivity index (χ3n) is 4.26. The van der Waals surface area contributed by atoms with E-state index in [0.717, 1.165) is 30.4 Å². The number of furan rings is 1. The minimum Gasteiger partial charge on any atom is -0.459 e. The highest BCUT2D eigenvalue weighted by Crippen LogP contribution is 2.37. The number of amides is 1. The summed E-state index contributed by atoms with van der Waals surface area (Å²) in [4.78, 5) is 12.5. The molecule has 1 aromatic heterocycles. The van der Waals surface area contributed by atoms with Crippen molar-refractivity contribution in [1.82, 2.24) is 5.32 Å². The van der Waals surface area contributed by atoms with Gasteiger partial charge in [-0.2, -0.15) is 0 Å². The van der Waals surface area contributed by atoms with E-state index in [4.69, 9.17) is 4.42 Å². The highest BCUT2D eigenvalue weighted by Gasteiger charge is 2.32. The maximum absolute atomic E-state index is 12.5. The molecule has 3 heteroatoms. The Morgan fingerprint density at radius 1 is 1.24 bits per heavy atom. The van der Waals surface area contributed by atoms with E-state index in [1.165, 1.54) is 0 Å². The van der Waals surface area contributed by atoms with Gasteiger partial charge in [-0.15, -0.1) is 0 Å². The van der Waals surface area contributed by atoms with Gasteiger partial charge >= 0.3 is 0 Å². The molecular weight excluding hydrogens is 262 g/mol. The smallest absolute Gasteiger partial charge is 0.287 e. The van der Waals surface area contributed by atoms with E-state index in [1.807, 2.05) is 36.4 Å². The normalized spacial score (nSPS) is 20.4. The first kappa shape index (κ1) is 13.9. The zero-order valence-electron chi connectivity index (χ0n) is 12.6. The lowest BCUT2D eigenvalue weighted by atomic mass is 9.92. The quantitative estimate of drug-likeness (QED) is 0.914. The minimum atomic E-state index is -0.110. The van der Waals surface area contributed by atoms with Crippen molar-refractivity contribution in [1.29, 1.82) is 0 Å². The van der Waals surface area contributed by atoms with Crippen molar-refractivity contribution in [2.75, 3.05) is 0 Å². The number of rotatable bonds is 3. The molecule has 0 bridgehead atoms. The number of carbonyl (C=O) groups is 1. The molecule has 21 heavy (non-hydrogen) atoms. The van der Waals surface area contributed by atoms with Crippen molar-refractivity contribution in [2.45, 2.75) is 39.2 Å². The molecular formula is C18H21NO2. The molecule has 0 spiro atoms. The topological polar surface area (TPSA) is 42.2 Å². The van der Waals surface area contributed by atoms with Crippen LogP contribution in [0.15, 0.2) is 47.1 Å². The third-order valence-corrected chi connectivity index (χ3v) is 4.26. The first-order valence-corrected chi connectivity index (χ1v) is 7.49. The lowest BCUT2D eigenvalue weighted by molar-refractivity contribution is 0.0909. The summed E-state index contributed by atoms with van der Waals surface area (Å²) < 4.78 is 5.43. The van der Waals surface area contributed by atoms with E-state index < -0.39 is 0 Å². The number of nitrogens with one attached hydrogen (secondary N) is 1. The summed E-state index contributed by atoms with van der Waals surface area (Å²) in [7, 11) is 0. The van der Waals surface area contributed by atoms with Gasteiger partial charge in [-0.05, 0) is 36.3 Å². The molecule has 1 aliphatic carbocycles. The minimum absolute atomic E-state index is 0.110. The van der Waals surface area contributed by atoms with Crippen molar-refractivity contribution in [3.8, 4) is 11.1 Å². The number of benzene rings is 1. The lowest BCUT2D eigenvalue weighted by Crippen LogP contribution is -2.33. The molecule has 3 rings (SSSR count). The van der Waals surface area contributed by atoms with Crippen LogP contribution in [0.4, 0.5) is 0 Å². The van der Waals surface area contributed by atoms with E-state index in [9.17, 15) is 4.79 Å². The van der Waals surface area contributed by atoms with Crippen molar-refractivity contribution in [3.63, 3.8) is 0 Å². The Balaban J connectivity index is 1.76. The Morgan fingerprint density at radius 3 is 2.67 bits per heavy atom. The maximum Gasteiger partial charge on any atom is 0.287 e. The Labute approximate surface area is 125 Å². The molecule has 0 radical (unpaired) electrons. The number of hydrogen-bond acceptors (Lipinski definition) is 2. The molecule has 2 aromatic rings. The van der Waals surface area contributed by atoms with Crippen molar-refractivity contribution in [3.05, 3.63) is 48.4 Å². The van der Waals surface area contributed by atoms with Gasteiger partial charge in [0, 0.05) is 11.6 Å². The molecule has 1 fully saturated rings. The fourth-order valence-electron chi connectivity index (χ4n) is 3.14. The van der Waals surface area contributed by atoms with Crippen LogP contribution in [0.1, 0.15) is 43.7 Å². The summed E-state index contributed by atoms with van der Waals surface area (Å²) in [5.74, 6) is 0.299. The molecule has 1 N–H and O–H groups in total. The molecule has 110 valence electrons. The van der Waals surface area contributed by atoms with E-state index in [1.54, 1.807) is 6.26 Å². The van der Waals surface area contributed by atoms with Gasteiger partial charge in [0.05, 0.1) is 6.26 Å². The van der Waals surface area contributed by atoms with Crippen LogP contribution in [0.3, 0.4) is 0 Å². The molecule has 3 nitrogen and oxygen atoms in total. The maximum atomic E-state index is 12.5. The van der Waals surface area contributed by atoms with Crippen molar-refractivity contribution < 1.29 is 9.21 Å². The van der Waals surface area contributed by atoms with Gasteiger partial charge in [0.1, 0.15) is 0 Å². The summed E-state index contributed by atoms with van der Waals surface area (Å²) in [6, 6.07) is 12.0. The van der Waals surface area contributed by atoms with Gasteiger partial charge in [-0.1, -0.05) is 44.2 Å². The van der Waals surface area contributed by atoms with Crippen LogP contribution in [-0.4, -0.2) is 11.9 Å². The van der Waals surface area contributed by atoms with Gasteiger partial charge in [-0.25, -0.2) is 0 Å². The number of hydrogen-bond donors (Lipinski definition) is 1. The average Bonchev–Trinajstić information content (AvgIpc) is 3.06. The van der Waals surface area contributed by atoms with Crippen molar-refractivity contribution >= 4 is 5.91 Å². The third kappa shape index (κ3) is 3.02. The van der Waals surface area contributed by atoms with Gasteiger partial charge in [-0.3, -0.25) is 4.79 Å². The van der Waals surface area contributed by atoms with Gasteiger partial charge in [0.25, 0.3) is 5.91 Å². The van der Waals surface area contributed by atoms with Gasteiger partial charge in [0.2, 0.25) is 0 Å². The molecule has 1 heterocycles. The summed E-state index contributed by atoms with van der Waals surface area (Å²) in [6.07, 6.45) is 4.80. The molecule has 0 aliphatic heterocycles. The fraction of sp³-hybridized carbons (Fsp3) is 0.389. The standard InChI is InChI=1S/C18H21NO2/c1-18(2)10-8-14(12-18)19-17(20)16-15(9-11-21-16)13-6-4-3-5-7-13/h3-7,9,11,14H,8,10,12H2,1-2H3,(H,19,20). The van der Waals surface area contributed by atoms with Crippen LogP contribution >= 0.6 is 0 Å².